The van der Waals surface area contributed by atoms with Gasteiger partial charge in [-0.05, 0) is 45.8 Å². The first-order chi connectivity index (χ1) is 8.83. The van der Waals surface area contributed by atoms with Crippen molar-refractivity contribution in [1.29, 1.82) is 0 Å². The Bertz CT molecular complexity index is 386. The number of likely N-dealkylation sites (tertiary alicyclic amines) is 1. The van der Waals surface area contributed by atoms with Gasteiger partial charge in [-0.2, -0.15) is 4.98 Å². The van der Waals surface area contributed by atoms with E-state index in [4.69, 9.17) is 4.52 Å². The fourth-order valence-corrected chi connectivity index (χ4v) is 2.99. The molecule has 1 aromatic heterocycles. The molecule has 3 rings (SSSR count). The first-order valence-electron chi connectivity index (χ1n) is 7.08. The molecule has 2 aliphatic heterocycles. The largest absolute Gasteiger partial charge is 0.339 e. The van der Waals surface area contributed by atoms with Crippen molar-refractivity contribution < 1.29 is 4.52 Å². The number of hydrogen-bond acceptors (Lipinski definition) is 5. The number of piperidine rings is 2. The third kappa shape index (κ3) is 2.57. The maximum Gasteiger partial charge on any atom is 0.231 e. The van der Waals surface area contributed by atoms with E-state index in [0.717, 1.165) is 31.2 Å². The predicted octanol–water partition coefficient (Wildman–Crippen LogP) is 1.69. The normalized spacial score (nSPS) is 30.5. The molecule has 5 heteroatoms. The van der Waals surface area contributed by atoms with Crippen LogP contribution in [0.3, 0.4) is 0 Å². The second kappa shape index (κ2) is 5.36. The zero-order chi connectivity index (χ0) is 12.4. The van der Waals surface area contributed by atoms with Crippen LogP contribution in [0.5, 0.6) is 0 Å². The van der Waals surface area contributed by atoms with Crippen molar-refractivity contribution in [2.24, 2.45) is 0 Å². The molecule has 2 unspecified atom stereocenters. The minimum atomic E-state index is 0.303. The summed E-state index contributed by atoms with van der Waals surface area (Å²) in [6, 6.07) is 0.303. The van der Waals surface area contributed by atoms with Gasteiger partial charge in [-0.1, -0.05) is 11.6 Å². The Balaban J connectivity index is 1.68. The van der Waals surface area contributed by atoms with Crippen molar-refractivity contribution in [2.75, 3.05) is 26.7 Å². The van der Waals surface area contributed by atoms with E-state index in [2.05, 4.69) is 27.4 Å². The molecule has 0 radical (unpaired) electrons. The van der Waals surface area contributed by atoms with E-state index in [0.29, 0.717) is 12.0 Å². The smallest absolute Gasteiger partial charge is 0.231 e. The maximum absolute atomic E-state index is 5.48. The van der Waals surface area contributed by atoms with Crippen LogP contribution in [-0.4, -0.2) is 41.7 Å². The van der Waals surface area contributed by atoms with Crippen LogP contribution in [0.15, 0.2) is 4.52 Å². The van der Waals surface area contributed by atoms with Crippen LogP contribution in [0.4, 0.5) is 0 Å². The number of hydrogen-bond donors (Lipinski definition) is 1. The molecule has 18 heavy (non-hydrogen) atoms. The minimum Gasteiger partial charge on any atom is -0.339 e. The van der Waals surface area contributed by atoms with Gasteiger partial charge in [0, 0.05) is 6.54 Å². The molecule has 3 heterocycles. The van der Waals surface area contributed by atoms with E-state index >= 15 is 0 Å². The lowest BCUT2D eigenvalue weighted by atomic mass is 9.98. The third-order valence-corrected chi connectivity index (χ3v) is 4.05. The Morgan fingerprint density at radius 3 is 3.00 bits per heavy atom. The van der Waals surface area contributed by atoms with Crippen LogP contribution in [0.2, 0.25) is 0 Å². The molecule has 0 aliphatic carbocycles. The van der Waals surface area contributed by atoms with Crippen molar-refractivity contribution in [3.63, 3.8) is 0 Å². The number of likely N-dealkylation sites (N-methyl/N-ethyl adjacent to an activating group) is 1. The highest BCUT2D eigenvalue weighted by Crippen LogP contribution is 2.27. The highest BCUT2D eigenvalue weighted by molar-refractivity contribution is 5.01. The Morgan fingerprint density at radius 1 is 1.28 bits per heavy atom. The lowest BCUT2D eigenvalue weighted by molar-refractivity contribution is 0.219. The average Bonchev–Trinajstić information content (AvgIpc) is 2.89. The van der Waals surface area contributed by atoms with Crippen LogP contribution in [-0.2, 0) is 0 Å². The molecule has 1 N–H and O–H groups in total. The lowest BCUT2D eigenvalue weighted by Crippen LogP contribution is -2.31. The molecule has 2 fully saturated rings. The van der Waals surface area contributed by atoms with Gasteiger partial charge in [0.15, 0.2) is 5.82 Å². The van der Waals surface area contributed by atoms with E-state index in [-0.39, 0.29) is 0 Å². The van der Waals surface area contributed by atoms with Gasteiger partial charge in [-0.3, -0.25) is 0 Å². The standard InChI is InChI=1S/C13H22N4O/c1-17-8-4-5-10(9-17)13-15-12(16-18-13)11-6-2-3-7-14-11/h10-11,14H,2-9H2,1H3. The molecule has 0 spiro atoms. The monoisotopic (exact) mass is 250 g/mol. The van der Waals surface area contributed by atoms with Crippen molar-refractivity contribution in [1.82, 2.24) is 20.4 Å². The van der Waals surface area contributed by atoms with E-state index in [1.54, 1.807) is 0 Å². The van der Waals surface area contributed by atoms with Crippen LogP contribution in [0, 0.1) is 0 Å². The zero-order valence-electron chi connectivity index (χ0n) is 11.1. The highest BCUT2D eigenvalue weighted by atomic mass is 16.5. The molecule has 0 saturated carbocycles. The molecule has 1 aromatic rings. The van der Waals surface area contributed by atoms with Crippen molar-refractivity contribution in [3.05, 3.63) is 11.7 Å². The summed E-state index contributed by atoms with van der Waals surface area (Å²) in [6.07, 6.45) is 6.04. The molecule has 5 nitrogen and oxygen atoms in total. The predicted molar refractivity (Wildman–Crippen MR) is 68.4 cm³/mol. The van der Waals surface area contributed by atoms with Crippen molar-refractivity contribution in [3.8, 4) is 0 Å². The second-order valence-electron chi connectivity index (χ2n) is 5.59. The van der Waals surface area contributed by atoms with E-state index < -0.39 is 0 Å². The Hall–Kier alpha value is -0.940. The van der Waals surface area contributed by atoms with Gasteiger partial charge in [0.2, 0.25) is 5.89 Å². The SMILES string of the molecule is CN1CCCC(c2nc(C3CCCCN3)no2)C1. The zero-order valence-corrected chi connectivity index (χ0v) is 11.1. The fourth-order valence-electron chi connectivity index (χ4n) is 2.99. The molecule has 2 aliphatic rings. The van der Waals surface area contributed by atoms with Gasteiger partial charge in [-0.15, -0.1) is 0 Å². The van der Waals surface area contributed by atoms with Gasteiger partial charge >= 0.3 is 0 Å². The lowest BCUT2D eigenvalue weighted by Gasteiger charge is -2.27. The van der Waals surface area contributed by atoms with Crippen LogP contribution < -0.4 is 5.32 Å². The summed E-state index contributed by atoms with van der Waals surface area (Å²) in [5.74, 6) is 2.12. The summed E-state index contributed by atoms with van der Waals surface area (Å²) in [7, 11) is 2.16. The Kier molecular flexibility index (Phi) is 3.61. The van der Waals surface area contributed by atoms with Crippen molar-refractivity contribution in [2.45, 2.75) is 44.1 Å². The summed E-state index contributed by atoms with van der Waals surface area (Å²) in [5.41, 5.74) is 0. The van der Waals surface area contributed by atoms with Gasteiger partial charge in [0.25, 0.3) is 0 Å². The average molecular weight is 250 g/mol. The van der Waals surface area contributed by atoms with Crippen molar-refractivity contribution >= 4 is 0 Å². The quantitative estimate of drug-likeness (QED) is 0.865. The third-order valence-electron chi connectivity index (χ3n) is 4.05. The van der Waals surface area contributed by atoms with Crippen LogP contribution in [0.1, 0.15) is 55.8 Å². The summed E-state index contributed by atoms with van der Waals surface area (Å²) in [6.45, 7) is 3.29. The van der Waals surface area contributed by atoms with Gasteiger partial charge in [-0.25, -0.2) is 0 Å². The maximum atomic E-state index is 5.48. The number of aromatic nitrogens is 2. The van der Waals surface area contributed by atoms with Crippen LogP contribution >= 0.6 is 0 Å². The molecule has 2 saturated heterocycles. The summed E-state index contributed by atoms with van der Waals surface area (Å²) in [4.78, 5) is 6.97. The van der Waals surface area contributed by atoms with E-state index in [1.807, 2.05) is 0 Å². The fraction of sp³-hybridized carbons (Fsp3) is 0.846. The number of nitrogens with zero attached hydrogens (tertiary/aromatic N) is 3. The van der Waals surface area contributed by atoms with Gasteiger partial charge < -0.3 is 14.7 Å². The highest BCUT2D eigenvalue weighted by Gasteiger charge is 2.26. The number of rotatable bonds is 2. The summed E-state index contributed by atoms with van der Waals surface area (Å²) >= 11 is 0. The molecule has 2 atom stereocenters. The molecule has 0 aromatic carbocycles. The van der Waals surface area contributed by atoms with Gasteiger partial charge in [0.05, 0.1) is 12.0 Å². The molecule has 100 valence electrons. The molecular formula is C13H22N4O. The number of nitrogens with one attached hydrogen (secondary N) is 1. The Labute approximate surface area is 108 Å². The Morgan fingerprint density at radius 2 is 2.22 bits per heavy atom. The minimum absolute atomic E-state index is 0.303. The summed E-state index contributed by atoms with van der Waals surface area (Å²) in [5, 5.41) is 7.64. The van der Waals surface area contributed by atoms with Crippen LogP contribution in [0.25, 0.3) is 0 Å². The van der Waals surface area contributed by atoms with E-state index in [1.165, 1.54) is 32.2 Å². The van der Waals surface area contributed by atoms with Gasteiger partial charge in [0.1, 0.15) is 0 Å². The van der Waals surface area contributed by atoms with E-state index in [9.17, 15) is 0 Å². The summed E-state index contributed by atoms with van der Waals surface area (Å²) < 4.78 is 5.48. The topological polar surface area (TPSA) is 54.2 Å². The molecule has 0 bridgehead atoms. The first-order valence-corrected chi connectivity index (χ1v) is 7.08. The molecular weight excluding hydrogens is 228 g/mol. The second-order valence-corrected chi connectivity index (χ2v) is 5.59. The first kappa shape index (κ1) is 12.1. The molecule has 0 amide bonds.